The summed E-state index contributed by atoms with van der Waals surface area (Å²) in [5.41, 5.74) is 3.78. The Hall–Kier alpha value is -1.22. The van der Waals surface area contributed by atoms with Crippen LogP contribution in [0.4, 0.5) is 5.69 Å². The lowest BCUT2D eigenvalue weighted by molar-refractivity contribution is 0.410. The number of likely N-dealkylation sites (N-methyl/N-ethyl adjacent to an activating group) is 1. The molecule has 0 unspecified atom stereocenters. The van der Waals surface area contributed by atoms with Crippen molar-refractivity contribution >= 4 is 5.69 Å². The second-order valence-electron chi connectivity index (χ2n) is 4.53. The Labute approximate surface area is 97.4 Å². The lowest BCUT2D eigenvalue weighted by Crippen LogP contribution is -2.56. The van der Waals surface area contributed by atoms with Gasteiger partial charge in [0.25, 0.3) is 0 Å². The van der Waals surface area contributed by atoms with Crippen molar-refractivity contribution in [3.63, 3.8) is 0 Å². The number of hydrogen-bond donors (Lipinski definition) is 1. The Balaban J connectivity index is 2.29. The van der Waals surface area contributed by atoms with Crippen molar-refractivity contribution in [3.05, 3.63) is 23.3 Å². The molecule has 2 rings (SSSR count). The highest BCUT2D eigenvalue weighted by atomic mass is 16.5. The number of rotatable bonds is 3. The van der Waals surface area contributed by atoms with Crippen molar-refractivity contribution in [2.75, 3.05) is 32.1 Å². The highest BCUT2D eigenvalue weighted by molar-refractivity contribution is 5.59. The van der Waals surface area contributed by atoms with Crippen LogP contribution in [0, 0.1) is 13.8 Å². The SMILES string of the molecule is COc1cc(C)c(N(C)C2CNC2)cc1C. The fourth-order valence-corrected chi connectivity index (χ4v) is 2.12. The average Bonchev–Trinajstić information content (AvgIpc) is 2.18. The number of aryl methyl sites for hydroxylation is 2. The zero-order chi connectivity index (χ0) is 11.7. The molecule has 1 fully saturated rings. The van der Waals surface area contributed by atoms with E-state index >= 15 is 0 Å². The summed E-state index contributed by atoms with van der Waals surface area (Å²) in [4.78, 5) is 2.36. The zero-order valence-corrected chi connectivity index (χ0v) is 10.5. The maximum absolute atomic E-state index is 5.33. The normalized spacial score (nSPS) is 15.8. The summed E-state index contributed by atoms with van der Waals surface area (Å²) in [6.45, 7) is 6.40. The summed E-state index contributed by atoms with van der Waals surface area (Å²) in [6, 6.07) is 4.96. The number of methoxy groups -OCH3 is 1. The number of nitrogens with one attached hydrogen (secondary N) is 1. The Morgan fingerprint density at radius 1 is 1.25 bits per heavy atom. The third-order valence-corrected chi connectivity index (χ3v) is 3.40. The molecule has 0 amide bonds. The summed E-state index contributed by atoms with van der Waals surface area (Å²) in [6.07, 6.45) is 0. The predicted molar refractivity (Wildman–Crippen MR) is 67.5 cm³/mol. The first-order valence-electron chi connectivity index (χ1n) is 5.72. The summed E-state index contributed by atoms with van der Waals surface area (Å²) in [5, 5.41) is 3.30. The van der Waals surface area contributed by atoms with Gasteiger partial charge >= 0.3 is 0 Å². The molecule has 3 nitrogen and oxygen atoms in total. The number of anilines is 1. The lowest BCUT2D eigenvalue weighted by Gasteiger charge is -2.38. The number of hydrogen-bond acceptors (Lipinski definition) is 3. The van der Waals surface area contributed by atoms with Crippen LogP contribution in [0.25, 0.3) is 0 Å². The van der Waals surface area contributed by atoms with Crippen LogP contribution >= 0.6 is 0 Å². The summed E-state index contributed by atoms with van der Waals surface area (Å²) in [5.74, 6) is 0.974. The predicted octanol–water partition coefficient (Wildman–Crippen LogP) is 1.72. The van der Waals surface area contributed by atoms with Gasteiger partial charge in [-0.3, -0.25) is 0 Å². The Kier molecular flexibility index (Phi) is 3.06. The van der Waals surface area contributed by atoms with Crippen LogP contribution in [0.15, 0.2) is 12.1 Å². The molecule has 0 saturated carbocycles. The van der Waals surface area contributed by atoms with Crippen molar-refractivity contribution < 1.29 is 4.74 Å². The summed E-state index contributed by atoms with van der Waals surface area (Å²) >= 11 is 0. The van der Waals surface area contributed by atoms with Crippen LogP contribution in [-0.2, 0) is 0 Å². The number of nitrogens with zero attached hydrogens (tertiary/aromatic N) is 1. The minimum atomic E-state index is 0.631. The molecule has 0 aliphatic carbocycles. The van der Waals surface area contributed by atoms with E-state index in [1.165, 1.54) is 16.8 Å². The van der Waals surface area contributed by atoms with Crippen LogP contribution in [0.1, 0.15) is 11.1 Å². The van der Waals surface area contributed by atoms with Gasteiger partial charge < -0.3 is 15.0 Å². The first kappa shape index (κ1) is 11.3. The van der Waals surface area contributed by atoms with Gasteiger partial charge in [0, 0.05) is 25.8 Å². The van der Waals surface area contributed by atoms with Crippen LogP contribution in [0.5, 0.6) is 5.75 Å². The molecule has 1 saturated heterocycles. The van der Waals surface area contributed by atoms with E-state index in [0.717, 1.165) is 18.8 Å². The molecule has 1 aromatic carbocycles. The summed E-state index contributed by atoms with van der Waals surface area (Å²) in [7, 11) is 3.89. The van der Waals surface area contributed by atoms with Crippen LogP contribution in [0.3, 0.4) is 0 Å². The first-order valence-corrected chi connectivity index (χ1v) is 5.72. The summed E-state index contributed by atoms with van der Waals surface area (Å²) < 4.78 is 5.33. The van der Waals surface area contributed by atoms with Gasteiger partial charge in [-0.25, -0.2) is 0 Å². The van der Waals surface area contributed by atoms with Gasteiger partial charge in [-0.05, 0) is 37.1 Å². The van der Waals surface area contributed by atoms with Crippen molar-refractivity contribution in [1.82, 2.24) is 5.32 Å². The zero-order valence-electron chi connectivity index (χ0n) is 10.5. The molecule has 3 heteroatoms. The highest BCUT2D eigenvalue weighted by Crippen LogP contribution is 2.29. The molecule has 0 spiro atoms. The van der Waals surface area contributed by atoms with E-state index in [1.807, 2.05) is 0 Å². The van der Waals surface area contributed by atoms with Crippen LogP contribution < -0.4 is 15.0 Å². The van der Waals surface area contributed by atoms with Crippen molar-refractivity contribution in [1.29, 1.82) is 0 Å². The van der Waals surface area contributed by atoms with Crippen molar-refractivity contribution in [2.24, 2.45) is 0 Å². The van der Waals surface area contributed by atoms with E-state index < -0.39 is 0 Å². The molecule has 0 bridgehead atoms. The Morgan fingerprint density at radius 2 is 1.94 bits per heavy atom. The first-order chi connectivity index (χ1) is 7.63. The maximum atomic E-state index is 5.33. The van der Waals surface area contributed by atoms with E-state index in [1.54, 1.807) is 7.11 Å². The Morgan fingerprint density at radius 3 is 2.44 bits per heavy atom. The van der Waals surface area contributed by atoms with Gasteiger partial charge in [-0.2, -0.15) is 0 Å². The average molecular weight is 220 g/mol. The molecule has 0 radical (unpaired) electrons. The molecule has 1 aliphatic rings. The number of ether oxygens (including phenoxy) is 1. The molecule has 1 heterocycles. The fourth-order valence-electron chi connectivity index (χ4n) is 2.12. The fraction of sp³-hybridized carbons (Fsp3) is 0.538. The van der Waals surface area contributed by atoms with Gasteiger partial charge in [0.2, 0.25) is 0 Å². The van der Waals surface area contributed by atoms with Crippen molar-refractivity contribution in [3.8, 4) is 5.75 Å². The largest absolute Gasteiger partial charge is 0.496 e. The molecular weight excluding hydrogens is 200 g/mol. The number of benzene rings is 1. The van der Waals surface area contributed by atoms with E-state index in [4.69, 9.17) is 4.74 Å². The molecule has 0 aromatic heterocycles. The highest BCUT2D eigenvalue weighted by Gasteiger charge is 2.23. The molecule has 0 atom stereocenters. The van der Waals surface area contributed by atoms with E-state index in [0.29, 0.717) is 6.04 Å². The molecule has 88 valence electrons. The standard InChI is InChI=1S/C13H20N2O/c1-9-6-13(16-4)10(2)5-12(9)15(3)11-7-14-8-11/h5-6,11,14H,7-8H2,1-4H3. The lowest BCUT2D eigenvalue weighted by atomic mass is 10.1. The van der Waals surface area contributed by atoms with Gasteiger partial charge in [0.1, 0.15) is 5.75 Å². The molecule has 16 heavy (non-hydrogen) atoms. The third kappa shape index (κ3) is 1.87. The second kappa shape index (κ2) is 4.34. The van der Waals surface area contributed by atoms with Crippen LogP contribution in [-0.4, -0.2) is 33.3 Å². The van der Waals surface area contributed by atoms with Gasteiger partial charge in [0.05, 0.1) is 13.2 Å². The topological polar surface area (TPSA) is 24.5 Å². The van der Waals surface area contributed by atoms with Crippen molar-refractivity contribution in [2.45, 2.75) is 19.9 Å². The van der Waals surface area contributed by atoms with E-state index in [9.17, 15) is 0 Å². The molecule has 1 N–H and O–H groups in total. The van der Waals surface area contributed by atoms with Gasteiger partial charge in [-0.15, -0.1) is 0 Å². The quantitative estimate of drug-likeness (QED) is 0.839. The minimum Gasteiger partial charge on any atom is -0.496 e. The maximum Gasteiger partial charge on any atom is 0.122 e. The van der Waals surface area contributed by atoms with E-state index in [2.05, 4.69) is 43.2 Å². The molecule has 1 aliphatic heterocycles. The third-order valence-electron chi connectivity index (χ3n) is 3.40. The Bertz CT molecular complexity index is 386. The smallest absolute Gasteiger partial charge is 0.122 e. The van der Waals surface area contributed by atoms with Gasteiger partial charge in [-0.1, -0.05) is 0 Å². The van der Waals surface area contributed by atoms with E-state index in [-0.39, 0.29) is 0 Å². The van der Waals surface area contributed by atoms with Crippen LogP contribution in [0.2, 0.25) is 0 Å². The monoisotopic (exact) mass is 220 g/mol. The molecular formula is C13H20N2O. The van der Waals surface area contributed by atoms with Gasteiger partial charge in [0.15, 0.2) is 0 Å². The molecule has 1 aromatic rings. The second-order valence-corrected chi connectivity index (χ2v) is 4.53. The minimum absolute atomic E-state index is 0.631.